The van der Waals surface area contributed by atoms with Gasteiger partial charge in [0.15, 0.2) is 6.10 Å². The van der Waals surface area contributed by atoms with Crippen LogP contribution in [-0.4, -0.2) is 35.5 Å². The summed E-state index contributed by atoms with van der Waals surface area (Å²) in [6.45, 7) is 3.34. The Morgan fingerprint density at radius 1 is 1.17 bits per heavy atom. The topological polar surface area (TPSA) is 76.0 Å². The van der Waals surface area contributed by atoms with Crippen LogP contribution in [0.1, 0.15) is 25.5 Å². The first-order chi connectivity index (χ1) is 8.45. The van der Waals surface area contributed by atoms with Crippen LogP contribution in [-0.2, 0) is 9.53 Å². The first-order valence-corrected chi connectivity index (χ1v) is 5.66. The number of carbonyl (C=O) groups is 1. The Hall–Kier alpha value is -1.59. The smallest absolute Gasteiger partial charge is 0.338 e. The molecule has 5 heteroatoms. The van der Waals surface area contributed by atoms with E-state index in [2.05, 4.69) is 0 Å². The maximum atomic E-state index is 11.4. The predicted octanol–water partition coefficient (Wildman–Crippen LogP) is 1.04. The van der Waals surface area contributed by atoms with Crippen molar-refractivity contribution in [2.24, 2.45) is 0 Å². The predicted molar refractivity (Wildman–Crippen MR) is 65.2 cm³/mol. The van der Waals surface area contributed by atoms with Crippen molar-refractivity contribution < 1.29 is 24.5 Å². The molecule has 0 spiro atoms. The minimum Gasteiger partial charge on any atom is -0.497 e. The molecule has 0 saturated heterocycles. The number of aliphatic hydroxyl groups is 2. The number of methoxy groups -OCH3 is 1. The van der Waals surface area contributed by atoms with Crippen molar-refractivity contribution >= 4 is 5.97 Å². The summed E-state index contributed by atoms with van der Waals surface area (Å²) in [6.07, 6.45) is -3.25. The second kappa shape index (κ2) is 6.37. The summed E-state index contributed by atoms with van der Waals surface area (Å²) < 4.78 is 9.80. The summed E-state index contributed by atoms with van der Waals surface area (Å²) in [7, 11) is 1.53. The molecular weight excluding hydrogens is 236 g/mol. The summed E-state index contributed by atoms with van der Waals surface area (Å²) in [5, 5.41) is 19.5. The van der Waals surface area contributed by atoms with Crippen LogP contribution in [0.25, 0.3) is 0 Å². The zero-order valence-corrected chi connectivity index (χ0v) is 10.7. The largest absolute Gasteiger partial charge is 0.497 e. The van der Waals surface area contributed by atoms with Gasteiger partial charge in [0.1, 0.15) is 11.9 Å². The monoisotopic (exact) mass is 254 g/mol. The van der Waals surface area contributed by atoms with E-state index in [1.54, 1.807) is 38.1 Å². The third-order valence-electron chi connectivity index (χ3n) is 2.35. The van der Waals surface area contributed by atoms with Crippen LogP contribution in [0.15, 0.2) is 24.3 Å². The van der Waals surface area contributed by atoms with Gasteiger partial charge in [0.25, 0.3) is 0 Å². The number of ether oxygens (including phenoxy) is 2. The molecule has 0 saturated carbocycles. The van der Waals surface area contributed by atoms with Gasteiger partial charge in [-0.15, -0.1) is 0 Å². The highest BCUT2D eigenvalue weighted by Crippen LogP contribution is 2.21. The van der Waals surface area contributed by atoms with Gasteiger partial charge in [0.05, 0.1) is 13.2 Å². The van der Waals surface area contributed by atoms with Crippen molar-refractivity contribution in [1.29, 1.82) is 0 Å². The minimum absolute atomic E-state index is 0.338. The van der Waals surface area contributed by atoms with Gasteiger partial charge in [-0.2, -0.15) is 0 Å². The van der Waals surface area contributed by atoms with Crippen LogP contribution in [0.4, 0.5) is 0 Å². The average molecular weight is 254 g/mol. The molecule has 2 atom stereocenters. The number of carbonyl (C=O) groups excluding carboxylic acids is 1. The standard InChI is InChI=1S/C13H18O5/c1-8(2)18-13(16)12(15)11(14)9-4-6-10(17-3)7-5-9/h4-8,11-12,14-15H,1-3H3/t11-,12+/m0/s1. The maximum Gasteiger partial charge on any atom is 0.338 e. The summed E-state index contributed by atoms with van der Waals surface area (Å²) in [6, 6.07) is 6.43. The fourth-order valence-electron chi connectivity index (χ4n) is 1.41. The van der Waals surface area contributed by atoms with E-state index in [1.165, 1.54) is 7.11 Å². The van der Waals surface area contributed by atoms with Crippen molar-refractivity contribution in [2.75, 3.05) is 7.11 Å². The Labute approximate surface area is 106 Å². The Kier molecular flexibility index (Phi) is 5.12. The number of hydrogen-bond acceptors (Lipinski definition) is 5. The van der Waals surface area contributed by atoms with Gasteiger partial charge < -0.3 is 19.7 Å². The Balaban J connectivity index is 2.72. The number of esters is 1. The quantitative estimate of drug-likeness (QED) is 0.768. The molecule has 0 aliphatic carbocycles. The first kappa shape index (κ1) is 14.5. The third-order valence-corrected chi connectivity index (χ3v) is 2.35. The third kappa shape index (κ3) is 3.72. The van der Waals surface area contributed by atoms with E-state index >= 15 is 0 Å². The number of rotatable bonds is 5. The van der Waals surface area contributed by atoms with Crippen LogP contribution < -0.4 is 4.74 Å². The fraction of sp³-hybridized carbons (Fsp3) is 0.462. The highest BCUT2D eigenvalue weighted by molar-refractivity contribution is 5.75. The molecule has 1 aromatic carbocycles. The van der Waals surface area contributed by atoms with E-state index in [0.29, 0.717) is 11.3 Å². The van der Waals surface area contributed by atoms with E-state index in [0.717, 1.165) is 0 Å². The van der Waals surface area contributed by atoms with Gasteiger partial charge in [-0.05, 0) is 31.5 Å². The van der Waals surface area contributed by atoms with E-state index < -0.39 is 18.2 Å². The molecule has 5 nitrogen and oxygen atoms in total. The minimum atomic E-state index is -1.60. The van der Waals surface area contributed by atoms with Crippen LogP contribution in [0.3, 0.4) is 0 Å². The van der Waals surface area contributed by atoms with Gasteiger partial charge >= 0.3 is 5.97 Å². The Morgan fingerprint density at radius 2 is 1.72 bits per heavy atom. The van der Waals surface area contributed by atoms with E-state index in [4.69, 9.17) is 9.47 Å². The molecule has 0 aliphatic heterocycles. The Bertz CT molecular complexity index is 385. The Morgan fingerprint density at radius 3 is 2.17 bits per heavy atom. The lowest BCUT2D eigenvalue weighted by molar-refractivity contribution is -0.163. The molecular formula is C13H18O5. The van der Waals surface area contributed by atoms with Crippen LogP contribution in [0.5, 0.6) is 5.75 Å². The lowest BCUT2D eigenvalue weighted by atomic mass is 10.0. The molecule has 0 bridgehead atoms. The number of aliphatic hydroxyl groups excluding tert-OH is 2. The summed E-state index contributed by atoms with van der Waals surface area (Å²) in [4.78, 5) is 11.4. The van der Waals surface area contributed by atoms with Crippen molar-refractivity contribution in [3.05, 3.63) is 29.8 Å². The number of benzene rings is 1. The van der Waals surface area contributed by atoms with E-state index in [-0.39, 0.29) is 6.10 Å². The maximum absolute atomic E-state index is 11.4. The van der Waals surface area contributed by atoms with Crippen molar-refractivity contribution in [2.45, 2.75) is 32.2 Å². The summed E-state index contributed by atoms with van der Waals surface area (Å²) in [5.74, 6) is -0.210. The molecule has 0 heterocycles. The molecule has 0 aromatic heterocycles. The zero-order chi connectivity index (χ0) is 13.7. The molecule has 0 fully saturated rings. The second-order valence-electron chi connectivity index (χ2n) is 4.15. The first-order valence-electron chi connectivity index (χ1n) is 5.66. The van der Waals surface area contributed by atoms with Crippen molar-refractivity contribution in [3.8, 4) is 5.75 Å². The van der Waals surface area contributed by atoms with Gasteiger partial charge in [-0.25, -0.2) is 4.79 Å². The average Bonchev–Trinajstić information content (AvgIpc) is 2.36. The molecule has 18 heavy (non-hydrogen) atoms. The van der Waals surface area contributed by atoms with Gasteiger partial charge in [0, 0.05) is 0 Å². The lowest BCUT2D eigenvalue weighted by Gasteiger charge is -2.18. The highest BCUT2D eigenvalue weighted by atomic mass is 16.6. The van der Waals surface area contributed by atoms with Gasteiger partial charge in [0.2, 0.25) is 0 Å². The number of hydrogen-bond donors (Lipinski definition) is 2. The highest BCUT2D eigenvalue weighted by Gasteiger charge is 2.27. The second-order valence-corrected chi connectivity index (χ2v) is 4.15. The zero-order valence-electron chi connectivity index (χ0n) is 10.7. The molecule has 0 amide bonds. The van der Waals surface area contributed by atoms with Crippen LogP contribution in [0, 0.1) is 0 Å². The lowest BCUT2D eigenvalue weighted by Crippen LogP contribution is -2.31. The molecule has 0 radical (unpaired) electrons. The summed E-state index contributed by atoms with van der Waals surface area (Å²) in [5.41, 5.74) is 0.420. The normalized spacial score (nSPS) is 14.1. The van der Waals surface area contributed by atoms with Gasteiger partial charge in [-0.3, -0.25) is 0 Å². The molecule has 100 valence electrons. The van der Waals surface area contributed by atoms with Gasteiger partial charge in [-0.1, -0.05) is 12.1 Å². The molecule has 2 N–H and O–H groups in total. The summed E-state index contributed by atoms with van der Waals surface area (Å²) >= 11 is 0. The van der Waals surface area contributed by atoms with E-state index in [1.807, 2.05) is 0 Å². The molecule has 0 aliphatic rings. The SMILES string of the molecule is COc1ccc([C@H](O)[C@@H](O)C(=O)OC(C)C)cc1. The van der Waals surface area contributed by atoms with Crippen molar-refractivity contribution in [3.63, 3.8) is 0 Å². The molecule has 1 aromatic rings. The fourth-order valence-corrected chi connectivity index (χ4v) is 1.41. The van der Waals surface area contributed by atoms with Crippen LogP contribution in [0.2, 0.25) is 0 Å². The van der Waals surface area contributed by atoms with E-state index in [9.17, 15) is 15.0 Å². The van der Waals surface area contributed by atoms with Crippen LogP contribution >= 0.6 is 0 Å². The van der Waals surface area contributed by atoms with Crippen molar-refractivity contribution in [1.82, 2.24) is 0 Å². The molecule has 0 unspecified atom stereocenters. The molecule has 1 rings (SSSR count).